The fraction of sp³-hybridized carbons (Fsp3) is 0.250. The van der Waals surface area contributed by atoms with Crippen molar-refractivity contribution in [3.8, 4) is 22.4 Å². The molecule has 3 nitrogen and oxygen atoms in total. The summed E-state index contributed by atoms with van der Waals surface area (Å²) < 4.78 is 2.39. The van der Waals surface area contributed by atoms with E-state index in [2.05, 4.69) is 107 Å². The summed E-state index contributed by atoms with van der Waals surface area (Å²) in [7, 11) is 0. The highest BCUT2D eigenvalue weighted by Gasteiger charge is 2.24. The van der Waals surface area contributed by atoms with Gasteiger partial charge < -0.3 is 14.6 Å². The van der Waals surface area contributed by atoms with Crippen molar-refractivity contribution in [3.63, 3.8) is 0 Å². The third kappa shape index (κ3) is 4.27. The van der Waals surface area contributed by atoms with E-state index in [1.807, 2.05) is 0 Å². The summed E-state index contributed by atoms with van der Waals surface area (Å²) in [6, 6.07) is 34.5. The van der Waals surface area contributed by atoms with Gasteiger partial charge in [-0.2, -0.15) is 0 Å². The number of hydrogen-bond donors (Lipinski definition) is 1. The van der Waals surface area contributed by atoms with Gasteiger partial charge in [-0.25, -0.2) is 0 Å². The van der Waals surface area contributed by atoms with Crippen molar-refractivity contribution in [1.29, 1.82) is 0 Å². The van der Waals surface area contributed by atoms with E-state index in [9.17, 15) is 5.11 Å². The van der Waals surface area contributed by atoms with Gasteiger partial charge in [-0.05, 0) is 42.4 Å². The maximum atomic E-state index is 11.4. The molecule has 1 aromatic heterocycles. The zero-order valence-corrected chi connectivity index (χ0v) is 20.1. The molecule has 176 valence electrons. The molecule has 1 aliphatic rings. The summed E-state index contributed by atoms with van der Waals surface area (Å²) in [6.45, 7) is 3.47. The lowest BCUT2D eigenvalue weighted by Gasteiger charge is -2.29. The molecule has 0 saturated carbocycles. The van der Waals surface area contributed by atoms with Gasteiger partial charge in [0, 0.05) is 22.9 Å². The summed E-state index contributed by atoms with van der Waals surface area (Å²) >= 11 is 0. The van der Waals surface area contributed by atoms with Crippen molar-refractivity contribution in [3.05, 3.63) is 97.1 Å². The predicted octanol–water partition coefficient (Wildman–Crippen LogP) is 6.98. The van der Waals surface area contributed by atoms with Crippen LogP contribution in [0.3, 0.4) is 0 Å². The molecule has 0 radical (unpaired) electrons. The van der Waals surface area contributed by atoms with Crippen LogP contribution in [0.5, 0.6) is 0 Å². The molecule has 6 rings (SSSR count). The lowest BCUT2D eigenvalue weighted by Crippen LogP contribution is -2.38. The van der Waals surface area contributed by atoms with Gasteiger partial charge in [-0.15, -0.1) is 0 Å². The zero-order valence-electron chi connectivity index (χ0n) is 20.1. The Morgan fingerprint density at radius 2 is 1.29 bits per heavy atom. The van der Waals surface area contributed by atoms with Crippen LogP contribution in [0.2, 0.25) is 0 Å². The van der Waals surface area contributed by atoms with Crippen molar-refractivity contribution in [2.45, 2.75) is 31.9 Å². The second-order valence-corrected chi connectivity index (χ2v) is 9.76. The van der Waals surface area contributed by atoms with E-state index in [1.165, 1.54) is 63.3 Å². The van der Waals surface area contributed by atoms with E-state index in [1.54, 1.807) is 0 Å². The summed E-state index contributed by atoms with van der Waals surface area (Å²) in [6.07, 6.45) is 3.34. The number of benzene rings is 4. The number of fused-ring (bicyclic) bond motifs is 3. The quantitative estimate of drug-likeness (QED) is 0.296. The molecule has 1 saturated heterocycles. The van der Waals surface area contributed by atoms with Gasteiger partial charge in [0.2, 0.25) is 0 Å². The van der Waals surface area contributed by atoms with E-state index in [0.717, 1.165) is 19.6 Å². The number of aliphatic hydroxyl groups excluding tert-OH is 1. The molecule has 5 aromatic rings. The highest BCUT2D eigenvalue weighted by Crippen LogP contribution is 2.43. The van der Waals surface area contributed by atoms with Crippen LogP contribution in [-0.2, 0) is 6.54 Å². The Balaban J connectivity index is 1.59. The van der Waals surface area contributed by atoms with E-state index in [0.29, 0.717) is 6.54 Å². The molecule has 0 spiro atoms. The van der Waals surface area contributed by atoms with Crippen LogP contribution in [0.4, 0.5) is 0 Å². The lowest BCUT2D eigenvalue weighted by atomic mass is 9.97. The molecule has 1 aliphatic heterocycles. The maximum absolute atomic E-state index is 11.4. The van der Waals surface area contributed by atoms with Gasteiger partial charge in [-0.1, -0.05) is 103 Å². The van der Waals surface area contributed by atoms with Gasteiger partial charge >= 0.3 is 0 Å². The molecule has 3 heteroatoms. The average Bonchev–Trinajstić information content (AvgIpc) is 3.24. The fourth-order valence-electron chi connectivity index (χ4n) is 5.81. The van der Waals surface area contributed by atoms with Gasteiger partial charge in [0.25, 0.3) is 0 Å². The van der Waals surface area contributed by atoms with Crippen molar-refractivity contribution in [1.82, 2.24) is 9.47 Å². The van der Waals surface area contributed by atoms with Gasteiger partial charge in [0.1, 0.15) is 0 Å². The number of rotatable bonds is 6. The second-order valence-electron chi connectivity index (χ2n) is 9.76. The third-order valence-electron chi connectivity index (χ3n) is 7.37. The minimum Gasteiger partial charge on any atom is -0.390 e. The van der Waals surface area contributed by atoms with Crippen molar-refractivity contribution in [2.24, 2.45) is 0 Å². The summed E-state index contributed by atoms with van der Waals surface area (Å²) in [4.78, 5) is 2.43. The molecule has 1 atom stereocenters. The van der Waals surface area contributed by atoms with Crippen LogP contribution < -0.4 is 0 Å². The first kappa shape index (κ1) is 22.1. The monoisotopic (exact) mass is 460 g/mol. The normalized spacial score (nSPS) is 15.6. The number of piperidine rings is 1. The molecule has 0 bridgehead atoms. The zero-order chi connectivity index (χ0) is 23.6. The Morgan fingerprint density at radius 3 is 2.03 bits per heavy atom. The first-order chi connectivity index (χ1) is 17.3. The molecule has 0 unspecified atom stereocenters. The second kappa shape index (κ2) is 9.69. The predicted molar refractivity (Wildman–Crippen MR) is 147 cm³/mol. The minimum absolute atomic E-state index is 0.436. The first-order valence-electron chi connectivity index (χ1n) is 12.8. The minimum atomic E-state index is -0.436. The summed E-state index contributed by atoms with van der Waals surface area (Å²) in [5.41, 5.74) is 6.01. The summed E-state index contributed by atoms with van der Waals surface area (Å²) in [5, 5.41) is 15.1. The topological polar surface area (TPSA) is 28.4 Å². The molecule has 0 amide bonds. The Labute approximate surface area is 207 Å². The largest absolute Gasteiger partial charge is 0.390 e. The van der Waals surface area contributed by atoms with Gasteiger partial charge in [0.15, 0.2) is 0 Å². The van der Waals surface area contributed by atoms with E-state index >= 15 is 0 Å². The number of aliphatic hydroxyl groups is 1. The number of likely N-dealkylation sites (tertiary alicyclic amines) is 1. The van der Waals surface area contributed by atoms with Crippen molar-refractivity contribution < 1.29 is 5.11 Å². The van der Waals surface area contributed by atoms with Crippen LogP contribution in [0.15, 0.2) is 97.1 Å². The Bertz CT molecular complexity index is 1430. The van der Waals surface area contributed by atoms with Crippen LogP contribution >= 0.6 is 0 Å². The smallest absolute Gasteiger partial charge is 0.0845 e. The molecular weight excluding hydrogens is 428 g/mol. The number of nitrogens with zero attached hydrogens (tertiary/aromatic N) is 2. The fourth-order valence-corrected chi connectivity index (χ4v) is 5.81. The van der Waals surface area contributed by atoms with Crippen LogP contribution in [0, 0.1) is 0 Å². The first-order valence-corrected chi connectivity index (χ1v) is 12.8. The van der Waals surface area contributed by atoms with Crippen molar-refractivity contribution in [2.75, 3.05) is 19.6 Å². The molecule has 1 N–H and O–H groups in total. The molecule has 1 fully saturated rings. The SMILES string of the molecule is O[C@H](CN1CCCCC1)Cn1c(-c2ccccc2)c(-c2ccccc2)c2ccc3ccccc3c21. The highest BCUT2D eigenvalue weighted by molar-refractivity contribution is 6.15. The molecule has 0 aliphatic carbocycles. The maximum Gasteiger partial charge on any atom is 0.0845 e. The average molecular weight is 461 g/mol. The van der Waals surface area contributed by atoms with E-state index < -0.39 is 6.10 Å². The third-order valence-corrected chi connectivity index (χ3v) is 7.37. The molecule has 4 aromatic carbocycles. The van der Waals surface area contributed by atoms with Gasteiger partial charge in [-0.3, -0.25) is 0 Å². The Kier molecular flexibility index (Phi) is 6.12. The van der Waals surface area contributed by atoms with Gasteiger partial charge in [0.05, 0.1) is 23.9 Å². The van der Waals surface area contributed by atoms with Crippen LogP contribution in [0.1, 0.15) is 19.3 Å². The molecular formula is C32H32N2O. The Morgan fingerprint density at radius 1 is 0.629 bits per heavy atom. The summed E-state index contributed by atoms with van der Waals surface area (Å²) in [5.74, 6) is 0. The van der Waals surface area contributed by atoms with Crippen LogP contribution in [0.25, 0.3) is 44.1 Å². The van der Waals surface area contributed by atoms with E-state index in [4.69, 9.17) is 0 Å². The number of β-amino-alcohol motifs (C(OH)–C–C–N with tert-alkyl or cyclic N) is 1. The van der Waals surface area contributed by atoms with Crippen molar-refractivity contribution >= 4 is 21.7 Å². The van der Waals surface area contributed by atoms with E-state index in [-0.39, 0.29) is 0 Å². The number of aromatic nitrogens is 1. The highest BCUT2D eigenvalue weighted by atomic mass is 16.3. The molecule has 35 heavy (non-hydrogen) atoms. The Hall–Kier alpha value is -3.40. The van der Waals surface area contributed by atoms with Crippen LogP contribution in [-0.4, -0.2) is 40.3 Å². The standard InChI is InChI=1S/C32H32N2O/c35-27(22-33-20-10-3-11-21-33)23-34-31(26-15-6-2-7-16-26)30(25-13-4-1-5-14-25)29-19-18-24-12-8-9-17-28(24)32(29)34/h1-2,4-9,12-19,27,35H,3,10-11,20-23H2/t27-/m1/s1. The lowest BCUT2D eigenvalue weighted by molar-refractivity contribution is 0.0896. The molecule has 2 heterocycles. The number of hydrogen-bond acceptors (Lipinski definition) is 2.